The largest absolute Gasteiger partial charge is 0.346 e. The molecule has 2 amide bonds. The van der Waals surface area contributed by atoms with E-state index in [0.717, 1.165) is 36.3 Å². The van der Waals surface area contributed by atoms with Crippen molar-refractivity contribution in [3.8, 4) is 0 Å². The summed E-state index contributed by atoms with van der Waals surface area (Å²) in [5, 5.41) is 13.0. The van der Waals surface area contributed by atoms with E-state index in [-0.39, 0.29) is 24.1 Å². The predicted octanol–water partition coefficient (Wildman–Crippen LogP) is 2.09. The van der Waals surface area contributed by atoms with E-state index in [2.05, 4.69) is 25.8 Å². The minimum atomic E-state index is -0.242. The zero-order valence-electron chi connectivity index (χ0n) is 14.0. The van der Waals surface area contributed by atoms with E-state index in [1.807, 2.05) is 31.2 Å². The molecule has 2 aromatic rings. The molecular formula is C17H21N5O2S. The first-order chi connectivity index (χ1) is 12.2. The zero-order chi connectivity index (χ0) is 17.6. The van der Waals surface area contributed by atoms with Crippen molar-refractivity contribution in [2.45, 2.75) is 37.3 Å². The van der Waals surface area contributed by atoms with Gasteiger partial charge in [-0.1, -0.05) is 36.9 Å². The second-order valence-electron chi connectivity index (χ2n) is 5.90. The summed E-state index contributed by atoms with van der Waals surface area (Å²) in [5.74, 6) is 1.12. The van der Waals surface area contributed by atoms with E-state index in [9.17, 15) is 9.59 Å². The Morgan fingerprint density at radius 2 is 2.08 bits per heavy atom. The molecule has 0 unspecified atom stereocenters. The van der Waals surface area contributed by atoms with Gasteiger partial charge in [0.05, 0.1) is 12.3 Å². The number of H-pyrrole nitrogens is 1. The van der Waals surface area contributed by atoms with Crippen molar-refractivity contribution >= 4 is 29.3 Å². The van der Waals surface area contributed by atoms with Crippen molar-refractivity contribution < 1.29 is 9.59 Å². The third-order valence-electron chi connectivity index (χ3n) is 3.90. The average molecular weight is 359 g/mol. The van der Waals surface area contributed by atoms with Crippen molar-refractivity contribution in [3.05, 3.63) is 35.7 Å². The molecule has 1 heterocycles. The van der Waals surface area contributed by atoms with Crippen LogP contribution in [0.4, 0.5) is 5.69 Å². The van der Waals surface area contributed by atoms with Crippen LogP contribution in [-0.2, 0) is 16.0 Å². The molecule has 25 heavy (non-hydrogen) atoms. The SMILES string of the molecule is CCc1ccccc1NC(=O)CNC(=O)CSc1n[nH]c(C2CC2)n1. The van der Waals surface area contributed by atoms with Crippen LogP contribution in [0.1, 0.15) is 37.1 Å². The Hall–Kier alpha value is -2.35. The second kappa shape index (κ2) is 8.15. The molecule has 3 rings (SSSR count). The van der Waals surface area contributed by atoms with E-state index < -0.39 is 0 Å². The number of carbonyl (C=O) groups is 2. The lowest BCUT2D eigenvalue weighted by atomic mass is 10.1. The number of hydrogen-bond donors (Lipinski definition) is 3. The fraction of sp³-hybridized carbons (Fsp3) is 0.412. The highest BCUT2D eigenvalue weighted by atomic mass is 32.2. The standard InChI is InChI=1S/C17H21N5O2S/c1-2-11-5-3-4-6-13(11)19-14(23)9-18-15(24)10-25-17-20-16(21-22-17)12-7-8-12/h3-6,12H,2,7-10H2,1H3,(H,18,24)(H,19,23)(H,20,21,22). The molecule has 7 nitrogen and oxygen atoms in total. The summed E-state index contributed by atoms with van der Waals surface area (Å²) >= 11 is 1.26. The van der Waals surface area contributed by atoms with E-state index >= 15 is 0 Å². The number of carbonyl (C=O) groups excluding carboxylic acids is 2. The Morgan fingerprint density at radius 1 is 1.28 bits per heavy atom. The number of aromatic nitrogens is 3. The number of rotatable bonds is 8. The first-order valence-corrected chi connectivity index (χ1v) is 9.33. The van der Waals surface area contributed by atoms with Crippen LogP contribution in [0.2, 0.25) is 0 Å². The summed E-state index contributed by atoms with van der Waals surface area (Å²) in [5.41, 5.74) is 1.85. The monoisotopic (exact) mass is 359 g/mol. The van der Waals surface area contributed by atoms with Crippen molar-refractivity contribution in [2.75, 3.05) is 17.6 Å². The fourth-order valence-electron chi connectivity index (χ4n) is 2.37. The molecular weight excluding hydrogens is 338 g/mol. The minimum absolute atomic E-state index is 0.0568. The quantitative estimate of drug-likeness (QED) is 0.627. The molecule has 132 valence electrons. The third kappa shape index (κ3) is 5.06. The number of benzene rings is 1. The smallest absolute Gasteiger partial charge is 0.243 e. The van der Waals surface area contributed by atoms with Crippen LogP contribution in [0.3, 0.4) is 0 Å². The van der Waals surface area contributed by atoms with Crippen LogP contribution in [0.15, 0.2) is 29.4 Å². The van der Waals surface area contributed by atoms with Crippen molar-refractivity contribution in [3.63, 3.8) is 0 Å². The third-order valence-corrected chi connectivity index (χ3v) is 4.74. The molecule has 1 saturated carbocycles. The van der Waals surface area contributed by atoms with Crippen LogP contribution in [0.5, 0.6) is 0 Å². The highest BCUT2D eigenvalue weighted by Crippen LogP contribution is 2.38. The summed E-state index contributed by atoms with van der Waals surface area (Å²) in [6.07, 6.45) is 3.13. The normalized spacial score (nSPS) is 13.5. The topological polar surface area (TPSA) is 99.8 Å². The van der Waals surface area contributed by atoms with Gasteiger partial charge in [0.2, 0.25) is 17.0 Å². The van der Waals surface area contributed by atoms with Crippen LogP contribution < -0.4 is 10.6 Å². The highest BCUT2D eigenvalue weighted by Gasteiger charge is 2.27. The maximum absolute atomic E-state index is 12.0. The number of nitrogens with zero attached hydrogens (tertiary/aromatic N) is 2. The molecule has 8 heteroatoms. The van der Waals surface area contributed by atoms with E-state index in [4.69, 9.17) is 0 Å². The number of para-hydroxylation sites is 1. The maximum atomic E-state index is 12.0. The number of aryl methyl sites for hydroxylation is 1. The first-order valence-electron chi connectivity index (χ1n) is 8.35. The molecule has 1 fully saturated rings. The lowest BCUT2D eigenvalue weighted by Gasteiger charge is -2.10. The summed E-state index contributed by atoms with van der Waals surface area (Å²) in [4.78, 5) is 28.2. The number of anilines is 1. The molecule has 0 spiro atoms. The molecule has 1 aromatic heterocycles. The second-order valence-corrected chi connectivity index (χ2v) is 6.84. The molecule has 0 bridgehead atoms. The summed E-state index contributed by atoms with van der Waals surface area (Å²) in [7, 11) is 0. The lowest BCUT2D eigenvalue weighted by molar-refractivity contribution is -0.122. The number of amides is 2. The molecule has 0 aliphatic heterocycles. The Balaban J connectivity index is 1.39. The highest BCUT2D eigenvalue weighted by molar-refractivity contribution is 7.99. The number of thioether (sulfide) groups is 1. The van der Waals surface area contributed by atoms with Crippen LogP contribution in [-0.4, -0.2) is 39.3 Å². The summed E-state index contributed by atoms with van der Waals surface area (Å²) in [6, 6.07) is 7.63. The van der Waals surface area contributed by atoms with Gasteiger partial charge in [-0.2, -0.15) is 0 Å². The summed E-state index contributed by atoms with van der Waals surface area (Å²) < 4.78 is 0. The zero-order valence-corrected chi connectivity index (χ0v) is 14.9. The van der Waals surface area contributed by atoms with Crippen LogP contribution in [0, 0.1) is 0 Å². The average Bonchev–Trinajstić information content (AvgIpc) is 3.37. The Kier molecular flexibility index (Phi) is 5.70. The van der Waals surface area contributed by atoms with Crippen molar-refractivity contribution in [1.82, 2.24) is 20.5 Å². The molecule has 1 aromatic carbocycles. The number of aromatic amines is 1. The van der Waals surface area contributed by atoms with Crippen molar-refractivity contribution in [1.29, 1.82) is 0 Å². The fourth-order valence-corrected chi connectivity index (χ4v) is 3.00. The van der Waals surface area contributed by atoms with Crippen LogP contribution in [0.25, 0.3) is 0 Å². The van der Waals surface area contributed by atoms with Gasteiger partial charge < -0.3 is 10.6 Å². The van der Waals surface area contributed by atoms with Gasteiger partial charge >= 0.3 is 0 Å². The van der Waals surface area contributed by atoms with Crippen LogP contribution >= 0.6 is 11.8 Å². The first kappa shape index (κ1) is 17.5. The predicted molar refractivity (Wildman–Crippen MR) is 96.5 cm³/mol. The number of hydrogen-bond acceptors (Lipinski definition) is 5. The van der Waals surface area contributed by atoms with E-state index in [0.29, 0.717) is 11.1 Å². The van der Waals surface area contributed by atoms with E-state index in [1.54, 1.807) is 0 Å². The van der Waals surface area contributed by atoms with Gasteiger partial charge in [0.1, 0.15) is 5.82 Å². The lowest BCUT2D eigenvalue weighted by Crippen LogP contribution is -2.34. The van der Waals surface area contributed by atoms with Gasteiger partial charge in [0, 0.05) is 11.6 Å². The van der Waals surface area contributed by atoms with Gasteiger partial charge in [0.25, 0.3) is 0 Å². The van der Waals surface area contributed by atoms with Gasteiger partial charge in [0.15, 0.2) is 0 Å². The molecule has 0 radical (unpaired) electrons. The minimum Gasteiger partial charge on any atom is -0.346 e. The van der Waals surface area contributed by atoms with Crippen molar-refractivity contribution in [2.24, 2.45) is 0 Å². The Bertz CT molecular complexity index is 757. The van der Waals surface area contributed by atoms with Gasteiger partial charge in [-0.05, 0) is 30.9 Å². The molecule has 1 aliphatic rings. The van der Waals surface area contributed by atoms with E-state index in [1.165, 1.54) is 11.8 Å². The Labute approximate surface area is 150 Å². The maximum Gasteiger partial charge on any atom is 0.243 e. The Morgan fingerprint density at radius 3 is 2.84 bits per heavy atom. The molecule has 3 N–H and O–H groups in total. The molecule has 1 aliphatic carbocycles. The van der Waals surface area contributed by atoms with Gasteiger partial charge in [-0.3, -0.25) is 14.7 Å². The summed E-state index contributed by atoms with van der Waals surface area (Å²) in [6.45, 7) is 1.97. The molecule has 0 atom stereocenters. The number of nitrogens with one attached hydrogen (secondary N) is 3. The van der Waals surface area contributed by atoms with Gasteiger partial charge in [-0.25, -0.2) is 4.98 Å². The molecule has 0 saturated heterocycles. The van der Waals surface area contributed by atoms with Gasteiger partial charge in [-0.15, -0.1) is 5.10 Å².